The van der Waals surface area contributed by atoms with E-state index >= 15 is 0 Å². The summed E-state index contributed by atoms with van der Waals surface area (Å²) in [6.07, 6.45) is 0.372. The van der Waals surface area contributed by atoms with Crippen LogP contribution in [0.25, 0.3) is 11.3 Å². The lowest BCUT2D eigenvalue weighted by Crippen LogP contribution is -2.23. The van der Waals surface area contributed by atoms with Crippen molar-refractivity contribution in [1.29, 1.82) is 0 Å². The lowest BCUT2D eigenvalue weighted by atomic mass is 9.88. The number of thiazole rings is 1. The number of nitrogens with one attached hydrogen (secondary N) is 2. The van der Waals surface area contributed by atoms with Gasteiger partial charge in [-0.3, -0.25) is 9.89 Å². The van der Waals surface area contributed by atoms with E-state index in [0.717, 1.165) is 22.5 Å². The molecule has 3 aromatic rings. The predicted molar refractivity (Wildman–Crippen MR) is 86.2 cm³/mol. The van der Waals surface area contributed by atoms with Crippen molar-refractivity contribution < 1.29 is 4.79 Å². The summed E-state index contributed by atoms with van der Waals surface area (Å²) in [4.78, 5) is 16.3. The molecule has 1 unspecified atom stereocenters. The molecule has 3 heterocycles. The van der Waals surface area contributed by atoms with Gasteiger partial charge in [0, 0.05) is 33.9 Å². The number of carbonyl (C=O) groups excluding carboxylic acids is 1. The number of H-pyrrole nitrogens is 1. The molecule has 1 aromatic carbocycles. The SMILES string of the molecule is O=C1CC(c2cscn2)c2c(n[nH]c2-c2ccc(Cl)cc2)N1. The molecule has 0 spiro atoms. The first-order valence-electron chi connectivity index (χ1n) is 6.74. The highest BCUT2D eigenvalue weighted by Crippen LogP contribution is 2.41. The average Bonchev–Trinajstić information content (AvgIpc) is 3.16. The van der Waals surface area contributed by atoms with Gasteiger partial charge in [-0.15, -0.1) is 11.3 Å². The molecule has 4 rings (SSSR count). The van der Waals surface area contributed by atoms with Crippen LogP contribution in [0.15, 0.2) is 35.2 Å². The van der Waals surface area contributed by atoms with Gasteiger partial charge in [0.1, 0.15) is 0 Å². The molecule has 0 saturated heterocycles. The molecular weight excluding hydrogens is 320 g/mol. The van der Waals surface area contributed by atoms with Crippen molar-refractivity contribution in [1.82, 2.24) is 15.2 Å². The number of aromatic nitrogens is 3. The molecule has 2 N–H and O–H groups in total. The number of nitrogens with zero attached hydrogens (tertiary/aromatic N) is 2. The Bertz CT molecular complexity index is 826. The van der Waals surface area contributed by atoms with Gasteiger partial charge in [-0.1, -0.05) is 23.7 Å². The highest BCUT2D eigenvalue weighted by molar-refractivity contribution is 7.07. The van der Waals surface area contributed by atoms with Crippen LogP contribution in [0.1, 0.15) is 23.6 Å². The maximum atomic E-state index is 11.9. The fraction of sp³-hybridized carbons (Fsp3) is 0.133. The zero-order chi connectivity index (χ0) is 15.1. The minimum atomic E-state index is -0.0839. The van der Waals surface area contributed by atoms with Crippen molar-refractivity contribution in [2.24, 2.45) is 0 Å². The van der Waals surface area contributed by atoms with Gasteiger partial charge in [0.25, 0.3) is 0 Å². The Morgan fingerprint density at radius 3 is 2.82 bits per heavy atom. The van der Waals surface area contributed by atoms with Crippen molar-refractivity contribution in [3.63, 3.8) is 0 Å². The molecule has 7 heteroatoms. The first kappa shape index (κ1) is 13.5. The first-order valence-corrected chi connectivity index (χ1v) is 8.06. The van der Waals surface area contributed by atoms with Crippen LogP contribution in [-0.2, 0) is 4.79 Å². The van der Waals surface area contributed by atoms with Crippen LogP contribution in [-0.4, -0.2) is 21.1 Å². The van der Waals surface area contributed by atoms with E-state index in [1.807, 2.05) is 29.6 Å². The van der Waals surface area contributed by atoms with E-state index in [9.17, 15) is 4.79 Å². The Morgan fingerprint density at radius 1 is 1.27 bits per heavy atom. The second-order valence-corrected chi connectivity index (χ2v) is 6.24. The summed E-state index contributed by atoms with van der Waals surface area (Å²) < 4.78 is 0. The third-order valence-electron chi connectivity index (χ3n) is 3.74. The maximum absolute atomic E-state index is 11.9. The largest absolute Gasteiger partial charge is 0.309 e. The summed E-state index contributed by atoms with van der Waals surface area (Å²) in [6, 6.07) is 7.54. The molecule has 110 valence electrons. The molecule has 1 amide bonds. The molecule has 0 fully saturated rings. The van der Waals surface area contributed by atoms with Gasteiger partial charge < -0.3 is 5.32 Å². The zero-order valence-corrected chi connectivity index (χ0v) is 12.9. The minimum absolute atomic E-state index is 0.0420. The molecule has 0 bridgehead atoms. The molecule has 0 saturated carbocycles. The maximum Gasteiger partial charge on any atom is 0.226 e. The lowest BCUT2D eigenvalue weighted by molar-refractivity contribution is -0.116. The summed E-state index contributed by atoms with van der Waals surface area (Å²) >= 11 is 7.48. The van der Waals surface area contributed by atoms with Gasteiger partial charge in [0.15, 0.2) is 5.82 Å². The van der Waals surface area contributed by atoms with Crippen LogP contribution in [0.4, 0.5) is 5.82 Å². The van der Waals surface area contributed by atoms with Gasteiger partial charge in [-0.05, 0) is 12.1 Å². The molecule has 1 atom stereocenters. The highest BCUT2D eigenvalue weighted by atomic mass is 35.5. The molecule has 0 radical (unpaired) electrons. The fourth-order valence-electron chi connectivity index (χ4n) is 2.74. The number of benzene rings is 1. The van der Waals surface area contributed by atoms with Crippen molar-refractivity contribution >= 4 is 34.7 Å². The highest BCUT2D eigenvalue weighted by Gasteiger charge is 2.32. The van der Waals surface area contributed by atoms with Gasteiger partial charge in [0.05, 0.1) is 16.9 Å². The smallest absolute Gasteiger partial charge is 0.226 e. The molecule has 0 aliphatic carbocycles. The summed E-state index contributed by atoms with van der Waals surface area (Å²) in [5, 5.41) is 12.8. The monoisotopic (exact) mass is 330 g/mol. The number of rotatable bonds is 2. The summed E-state index contributed by atoms with van der Waals surface area (Å²) in [6.45, 7) is 0. The molecule has 1 aliphatic heterocycles. The van der Waals surface area contributed by atoms with Gasteiger partial charge in [0.2, 0.25) is 5.91 Å². The van der Waals surface area contributed by atoms with E-state index in [1.54, 1.807) is 5.51 Å². The number of hydrogen-bond donors (Lipinski definition) is 2. The van der Waals surface area contributed by atoms with E-state index in [1.165, 1.54) is 11.3 Å². The van der Waals surface area contributed by atoms with Crippen molar-refractivity contribution in [2.45, 2.75) is 12.3 Å². The summed E-state index contributed by atoms with van der Waals surface area (Å²) in [7, 11) is 0. The van der Waals surface area contributed by atoms with E-state index in [-0.39, 0.29) is 11.8 Å². The third-order valence-corrected chi connectivity index (χ3v) is 4.60. The van der Waals surface area contributed by atoms with Gasteiger partial charge in [-0.25, -0.2) is 4.98 Å². The molecule has 22 heavy (non-hydrogen) atoms. The number of halogens is 1. The Kier molecular flexibility index (Phi) is 3.20. The number of amides is 1. The first-order chi connectivity index (χ1) is 10.7. The Morgan fingerprint density at radius 2 is 2.09 bits per heavy atom. The third kappa shape index (κ3) is 2.20. The van der Waals surface area contributed by atoms with Crippen molar-refractivity contribution in [3.05, 3.63) is 51.4 Å². The number of anilines is 1. The minimum Gasteiger partial charge on any atom is -0.309 e. The zero-order valence-electron chi connectivity index (χ0n) is 11.3. The van der Waals surface area contributed by atoms with E-state index < -0.39 is 0 Å². The standard InChI is InChI=1S/C15H11ClN4OS/c16-9-3-1-8(2-4-9)14-13-10(11-6-22-7-17-11)5-12(21)18-15(13)20-19-14/h1-4,6-7,10H,5H2,(H2,18,19,20,21). The topological polar surface area (TPSA) is 70.7 Å². The summed E-state index contributed by atoms with van der Waals surface area (Å²) in [5.41, 5.74) is 5.54. The van der Waals surface area contributed by atoms with Crippen molar-refractivity contribution in [2.75, 3.05) is 5.32 Å². The summed E-state index contributed by atoms with van der Waals surface area (Å²) in [5.74, 6) is 0.457. The van der Waals surface area contributed by atoms with E-state index in [2.05, 4.69) is 20.5 Å². The van der Waals surface area contributed by atoms with Crippen molar-refractivity contribution in [3.8, 4) is 11.3 Å². The Labute approximate surface area is 135 Å². The quantitative estimate of drug-likeness (QED) is 0.753. The Hall–Kier alpha value is -2.18. The second kappa shape index (κ2) is 5.23. The number of hydrogen-bond acceptors (Lipinski definition) is 4. The lowest BCUT2D eigenvalue weighted by Gasteiger charge is -2.21. The number of aromatic amines is 1. The fourth-order valence-corrected chi connectivity index (χ4v) is 3.47. The van der Waals surface area contributed by atoms with E-state index in [0.29, 0.717) is 17.3 Å². The van der Waals surface area contributed by atoms with Crippen LogP contribution >= 0.6 is 22.9 Å². The van der Waals surface area contributed by atoms with Crippen LogP contribution in [0.5, 0.6) is 0 Å². The Balaban J connectivity index is 1.87. The van der Waals surface area contributed by atoms with Crippen LogP contribution in [0, 0.1) is 0 Å². The van der Waals surface area contributed by atoms with E-state index in [4.69, 9.17) is 11.6 Å². The van der Waals surface area contributed by atoms with Crippen LogP contribution < -0.4 is 5.32 Å². The second-order valence-electron chi connectivity index (χ2n) is 5.09. The molecule has 5 nitrogen and oxygen atoms in total. The molecular formula is C15H11ClN4OS. The predicted octanol–water partition coefficient (Wildman–Crippen LogP) is 3.66. The number of fused-ring (bicyclic) bond motifs is 1. The van der Waals surface area contributed by atoms with Crippen LogP contribution in [0.3, 0.4) is 0 Å². The number of carbonyl (C=O) groups is 1. The van der Waals surface area contributed by atoms with Gasteiger partial charge in [-0.2, -0.15) is 5.10 Å². The molecule has 2 aromatic heterocycles. The normalized spacial score (nSPS) is 17.1. The van der Waals surface area contributed by atoms with Crippen LogP contribution in [0.2, 0.25) is 5.02 Å². The molecule has 1 aliphatic rings. The average molecular weight is 331 g/mol. The van der Waals surface area contributed by atoms with Gasteiger partial charge >= 0.3 is 0 Å².